The van der Waals surface area contributed by atoms with Crippen molar-refractivity contribution < 1.29 is 31.3 Å². The second kappa shape index (κ2) is 9.17. The van der Waals surface area contributed by atoms with Crippen molar-refractivity contribution in [2.75, 3.05) is 5.32 Å². The quantitative estimate of drug-likeness (QED) is 0.276. The number of aromatic nitrogens is 5. The number of hydrogen-bond donors (Lipinski definition) is 1. The Morgan fingerprint density at radius 3 is 2.59 bits per heavy atom. The fourth-order valence-corrected chi connectivity index (χ4v) is 4.00. The van der Waals surface area contributed by atoms with Crippen LogP contribution in [0.5, 0.6) is 0 Å². The Hall–Kier alpha value is -4.52. The second-order valence-electron chi connectivity index (χ2n) is 7.62. The first-order valence-corrected chi connectivity index (χ1v) is 10.8. The van der Waals surface area contributed by atoms with Crippen LogP contribution in [0.3, 0.4) is 0 Å². The number of halogens is 5. The van der Waals surface area contributed by atoms with Gasteiger partial charge < -0.3 is 14.3 Å². The fraction of sp³-hybridized carbons (Fsp3) is 0.0870. The van der Waals surface area contributed by atoms with E-state index in [-0.39, 0.29) is 39.1 Å². The molecule has 0 atom stereocenters. The molecule has 3 aromatic heterocycles. The number of carbonyl (C=O) groups is 1. The van der Waals surface area contributed by atoms with Gasteiger partial charge in [-0.15, -0.1) is 10.2 Å². The van der Waals surface area contributed by atoms with Gasteiger partial charge in [0.1, 0.15) is 17.1 Å². The summed E-state index contributed by atoms with van der Waals surface area (Å²) in [7, 11) is 0. The number of hydrogen-bond acceptors (Lipinski definition) is 7. The Balaban J connectivity index is 1.75. The summed E-state index contributed by atoms with van der Waals surface area (Å²) in [4.78, 5) is 11.4. The first-order valence-electron chi connectivity index (χ1n) is 10.4. The van der Waals surface area contributed by atoms with Gasteiger partial charge in [0.25, 0.3) is 5.89 Å². The minimum Gasteiger partial charge on any atom is -0.423 e. The summed E-state index contributed by atoms with van der Waals surface area (Å²) in [5.74, 6) is -1.93. The van der Waals surface area contributed by atoms with Crippen molar-refractivity contribution in [1.82, 2.24) is 25.1 Å². The number of anilines is 1. The van der Waals surface area contributed by atoms with E-state index in [0.29, 0.717) is 4.68 Å². The van der Waals surface area contributed by atoms with Crippen LogP contribution in [-0.2, 0) is 11.0 Å². The summed E-state index contributed by atoms with van der Waals surface area (Å²) < 4.78 is 69.2. The molecule has 0 aliphatic rings. The van der Waals surface area contributed by atoms with Gasteiger partial charge in [0, 0.05) is 12.6 Å². The Morgan fingerprint density at radius 2 is 1.92 bits per heavy atom. The van der Waals surface area contributed by atoms with Crippen LogP contribution in [-0.4, -0.2) is 31.0 Å². The van der Waals surface area contributed by atoms with E-state index in [1.807, 2.05) is 0 Å². The van der Waals surface area contributed by atoms with E-state index in [1.54, 1.807) is 0 Å². The van der Waals surface area contributed by atoms with Gasteiger partial charge in [-0.25, -0.2) is 9.07 Å². The maximum atomic E-state index is 14.7. The molecule has 9 nitrogen and oxygen atoms in total. The van der Waals surface area contributed by atoms with Crippen LogP contribution in [0.4, 0.5) is 23.2 Å². The third kappa shape index (κ3) is 4.44. The van der Waals surface area contributed by atoms with Crippen molar-refractivity contribution in [1.29, 1.82) is 0 Å². The molecular formula is C23H13ClF4N6O3. The van der Waals surface area contributed by atoms with Gasteiger partial charge in [-0.05, 0) is 30.3 Å². The highest BCUT2D eigenvalue weighted by Crippen LogP contribution is 2.46. The summed E-state index contributed by atoms with van der Waals surface area (Å²) in [6, 6.07) is 9.51. The molecule has 0 aliphatic carbocycles. The SMILES string of the molecule is CC(=O)Nc1cccc(-n2ncc(-c3onc(-c4c(F)cccc4Cl)c3-c3nnco3)c2C(F)(F)F)c1. The van der Waals surface area contributed by atoms with Gasteiger partial charge in [0.05, 0.1) is 28.0 Å². The topological polar surface area (TPSA) is 112 Å². The van der Waals surface area contributed by atoms with Crippen LogP contribution in [0.2, 0.25) is 5.02 Å². The van der Waals surface area contributed by atoms with Crippen molar-refractivity contribution >= 4 is 23.2 Å². The van der Waals surface area contributed by atoms with Crippen LogP contribution in [0.1, 0.15) is 12.6 Å². The number of nitrogens with one attached hydrogen (secondary N) is 1. The van der Waals surface area contributed by atoms with Gasteiger partial charge >= 0.3 is 6.18 Å². The lowest BCUT2D eigenvalue weighted by atomic mass is 10.0. The van der Waals surface area contributed by atoms with Gasteiger partial charge in [-0.2, -0.15) is 18.3 Å². The predicted molar refractivity (Wildman–Crippen MR) is 122 cm³/mol. The molecule has 3 heterocycles. The van der Waals surface area contributed by atoms with E-state index in [9.17, 15) is 22.4 Å². The molecule has 0 bridgehead atoms. The summed E-state index contributed by atoms with van der Waals surface area (Å²) in [6.07, 6.45) is -3.08. The highest BCUT2D eigenvalue weighted by atomic mass is 35.5. The fourth-order valence-electron chi connectivity index (χ4n) is 3.75. The largest absolute Gasteiger partial charge is 0.434 e. The van der Waals surface area contributed by atoms with E-state index < -0.39 is 34.9 Å². The van der Waals surface area contributed by atoms with Crippen molar-refractivity contribution in [2.24, 2.45) is 0 Å². The predicted octanol–water partition coefficient (Wildman–Crippen LogP) is 6.01. The highest BCUT2D eigenvalue weighted by Gasteiger charge is 2.42. The first-order chi connectivity index (χ1) is 17.6. The van der Waals surface area contributed by atoms with Gasteiger partial charge in [-0.3, -0.25) is 4.79 Å². The molecule has 5 rings (SSSR count). The number of benzene rings is 2. The molecule has 0 unspecified atom stereocenters. The van der Waals surface area contributed by atoms with Gasteiger partial charge in [0.2, 0.25) is 12.3 Å². The Labute approximate surface area is 209 Å². The van der Waals surface area contributed by atoms with Crippen LogP contribution in [0.15, 0.2) is 64.0 Å². The molecule has 0 fully saturated rings. The normalized spacial score (nSPS) is 11.6. The molecule has 0 saturated heterocycles. The lowest BCUT2D eigenvalue weighted by Crippen LogP contribution is -2.15. The van der Waals surface area contributed by atoms with Gasteiger partial charge in [0.15, 0.2) is 11.5 Å². The number of alkyl halides is 3. The van der Waals surface area contributed by atoms with Crippen molar-refractivity contribution in [3.05, 3.63) is 71.6 Å². The molecule has 0 aliphatic heterocycles. The molecule has 188 valence electrons. The highest BCUT2D eigenvalue weighted by molar-refractivity contribution is 6.33. The first kappa shape index (κ1) is 24.2. The van der Waals surface area contributed by atoms with Crippen LogP contribution in [0, 0.1) is 5.82 Å². The molecule has 5 aromatic rings. The number of carbonyl (C=O) groups excluding carboxylic acids is 1. The van der Waals surface area contributed by atoms with Crippen LogP contribution in [0.25, 0.3) is 39.7 Å². The lowest BCUT2D eigenvalue weighted by Gasteiger charge is -2.13. The molecule has 14 heteroatoms. The van der Waals surface area contributed by atoms with Crippen LogP contribution >= 0.6 is 11.6 Å². The smallest absolute Gasteiger partial charge is 0.423 e. The molecule has 37 heavy (non-hydrogen) atoms. The van der Waals surface area contributed by atoms with Crippen molar-refractivity contribution in [3.8, 4) is 39.7 Å². The van der Waals surface area contributed by atoms with E-state index in [2.05, 4.69) is 25.8 Å². The number of amides is 1. The molecular weight excluding hydrogens is 520 g/mol. The molecule has 0 saturated carbocycles. The third-order valence-electron chi connectivity index (χ3n) is 5.16. The minimum atomic E-state index is -4.94. The average Bonchev–Trinajstić information content (AvgIpc) is 3.57. The minimum absolute atomic E-state index is 0.000974. The maximum Gasteiger partial charge on any atom is 0.434 e. The second-order valence-corrected chi connectivity index (χ2v) is 8.03. The zero-order valence-electron chi connectivity index (χ0n) is 18.5. The summed E-state index contributed by atoms with van der Waals surface area (Å²) >= 11 is 6.18. The Morgan fingerprint density at radius 1 is 1.14 bits per heavy atom. The van der Waals surface area contributed by atoms with E-state index in [1.165, 1.54) is 43.3 Å². The standard InChI is InChI=1S/C23H13ClF4N6O3/c1-11(35)31-12-4-2-5-13(8-12)34-21(23(26,27)28)14(9-30-34)20-18(22-32-29-10-36-22)19(33-37-20)17-15(24)6-3-7-16(17)25/h2-10H,1H3,(H,31,35). The summed E-state index contributed by atoms with van der Waals surface area (Å²) in [5.41, 5.74) is -2.17. The van der Waals surface area contributed by atoms with Crippen molar-refractivity contribution in [2.45, 2.75) is 13.1 Å². The van der Waals surface area contributed by atoms with Crippen LogP contribution < -0.4 is 5.32 Å². The van der Waals surface area contributed by atoms with E-state index >= 15 is 0 Å². The molecule has 0 spiro atoms. The lowest BCUT2D eigenvalue weighted by molar-refractivity contribution is -0.142. The molecule has 1 N–H and O–H groups in total. The maximum absolute atomic E-state index is 14.7. The zero-order chi connectivity index (χ0) is 26.3. The average molecular weight is 533 g/mol. The number of nitrogens with zero attached hydrogens (tertiary/aromatic N) is 5. The zero-order valence-corrected chi connectivity index (χ0v) is 19.3. The third-order valence-corrected chi connectivity index (χ3v) is 5.47. The summed E-state index contributed by atoms with van der Waals surface area (Å²) in [5, 5.41) is 17.5. The Bertz CT molecular complexity index is 1590. The summed E-state index contributed by atoms with van der Waals surface area (Å²) in [6.45, 7) is 1.27. The van der Waals surface area contributed by atoms with Crippen molar-refractivity contribution in [3.63, 3.8) is 0 Å². The number of rotatable bonds is 5. The Kier molecular flexibility index (Phi) is 5.99. The van der Waals surface area contributed by atoms with E-state index in [0.717, 1.165) is 18.7 Å². The van der Waals surface area contributed by atoms with E-state index in [4.69, 9.17) is 20.5 Å². The van der Waals surface area contributed by atoms with Gasteiger partial charge in [-0.1, -0.05) is 28.9 Å². The molecule has 1 amide bonds. The molecule has 2 aromatic carbocycles. The monoisotopic (exact) mass is 532 g/mol. The molecule has 0 radical (unpaired) electrons.